The van der Waals surface area contributed by atoms with Gasteiger partial charge in [-0.1, -0.05) is 30.3 Å². The molecule has 0 unspecified atom stereocenters. The maximum Gasteiger partial charge on any atom is 0.248 e. The molecule has 0 aromatic heterocycles. The Morgan fingerprint density at radius 2 is 1.80 bits per heavy atom. The first-order valence-electron chi connectivity index (χ1n) is 9.84. The highest BCUT2D eigenvalue weighted by Gasteiger charge is 2.41. The lowest BCUT2D eigenvalue weighted by atomic mass is 9.77. The van der Waals surface area contributed by atoms with E-state index in [-0.39, 0.29) is 12.5 Å². The molecular weight excluding hydrogens is 312 g/mol. The summed E-state index contributed by atoms with van der Waals surface area (Å²) in [6, 6.07) is 10.7. The Kier molecular flexibility index (Phi) is 5.09. The van der Waals surface area contributed by atoms with Crippen molar-refractivity contribution in [1.29, 1.82) is 0 Å². The van der Waals surface area contributed by atoms with Crippen LogP contribution < -0.4 is 0 Å². The monoisotopic (exact) mass is 342 g/mol. The summed E-state index contributed by atoms with van der Waals surface area (Å²) in [5.74, 6) is 0.927. The Hall–Kier alpha value is -1.39. The lowest BCUT2D eigenvalue weighted by Gasteiger charge is -2.39. The summed E-state index contributed by atoms with van der Waals surface area (Å²) in [6.07, 6.45) is 6.15. The lowest BCUT2D eigenvalue weighted by Crippen LogP contribution is -2.42. The predicted molar refractivity (Wildman–Crippen MR) is 98.1 cm³/mol. The third-order valence-electron chi connectivity index (χ3n) is 6.23. The Bertz CT molecular complexity index is 577. The Morgan fingerprint density at radius 1 is 1.08 bits per heavy atom. The normalized spacial score (nSPS) is 23.3. The number of likely N-dealkylation sites (tertiary alicyclic amines) is 2. The van der Waals surface area contributed by atoms with Crippen molar-refractivity contribution in [2.75, 3.05) is 39.4 Å². The smallest absolute Gasteiger partial charge is 0.248 e. The minimum absolute atomic E-state index is 0.198. The molecule has 3 aliphatic rings. The third-order valence-corrected chi connectivity index (χ3v) is 6.23. The van der Waals surface area contributed by atoms with Crippen LogP contribution in [0.1, 0.15) is 37.7 Å². The molecule has 1 aromatic rings. The van der Waals surface area contributed by atoms with Crippen molar-refractivity contribution in [2.45, 2.75) is 38.6 Å². The molecule has 0 N–H and O–H groups in total. The van der Waals surface area contributed by atoms with Gasteiger partial charge in [-0.05, 0) is 62.1 Å². The highest BCUT2D eigenvalue weighted by atomic mass is 16.5. The van der Waals surface area contributed by atoms with Gasteiger partial charge in [0.25, 0.3) is 0 Å². The first kappa shape index (κ1) is 17.0. The fourth-order valence-corrected chi connectivity index (χ4v) is 4.27. The van der Waals surface area contributed by atoms with E-state index in [2.05, 4.69) is 40.1 Å². The van der Waals surface area contributed by atoms with Gasteiger partial charge >= 0.3 is 0 Å². The van der Waals surface area contributed by atoms with Crippen LogP contribution in [0.15, 0.2) is 30.3 Å². The molecule has 3 fully saturated rings. The summed E-state index contributed by atoms with van der Waals surface area (Å²) in [5, 5.41) is 0. The molecule has 1 aliphatic carbocycles. The highest BCUT2D eigenvalue weighted by molar-refractivity contribution is 5.77. The molecule has 4 heteroatoms. The number of rotatable bonds is 6. The molecular formula is C21H30N2O2. The second kappa shape index (κ2) is 7.46. The first-order valence-corrected chi connectivity index (χ1v) is 9.84. The molecule has 0 radical (unpaired) electrons. The molecule has 0 bridgehead atoms. The minimum atomic E-state index is 0.198. The Balaban J connectivity index is 1.22. The van der Waals surface area contributed by atoms with Crippen LogP contribution in [0, 0.1) is 11.3 Å². The van der Waals surface area contributed by atoms with Crippen LogP contribution in [0.4, 0.5) is 0 Å². The van der Waals surface area contributed by atoms with Gasteiger partial charge < -0.3 is 9.64 Å². The zero-order valence-electron chi connectivity index (χ0n) is 15.2. The van der Waals surface area contributed by atoms with Gasteiger partial charge in [0.15, 0.2) is 0 Å². The minimum Gasteiger partial charge on any atom is -0.371 e. The largest absolute Gasteiger partial charge is 0.371 e. The number of hydrogen-bond donors (Lipinski definition) is 0. The molecule has 1 spiro atoms. The first-order chi connectivity index (χ1) is 12.2. The van der Waals surface area contributed by atoms with E-state index in [4.69, 9.17) is 4.74 Å². The molecule has 25 heavy (non-hydrogen) atoms. The molecule has 2 heterocycles. The van der Waals surface area contributed by atoms with Gasteiger partial charge in [0, 0.05) is 19.6 Å². The lowest BCUT2D eigenvalue weighted by molar-refractivity contribution is -0.135. The zero-order valence-corrected chi connectivity index (χ0v) is 15.2. The number of hydrogen-bond acceptors (Lipinski definition) is 3. The summed E-state index contributed by atoms with van der Waals surface area (Å²) in [4.78, 5) is 17.0. The number of nitrogens with zero attached hydrogens (tertiary/aromatic N) is 2. The van der Waals surface area contributed by atoms with E-state index < -0.39 is 0 Å². The van der Waals surface area contributed by atoms with Crippen LogP contribution in [0.25, 0.3) is 0 Å². The van der Waals surface area contributed by atoms with Gasteiger partial charge in [-0.3, -0.25) is 9.69 Å². The van der Waals surface area contributed by atoms with Gasteiger partial charge in [-0.15, -0.1) is 0 Å². The molecule has 0 atom stereocenters. The van der Waals surface area contributed by atoms with Crippen molar-refractivity contribution in [2.24, 2.45) is 11.3 Å². The summed E-state index contributed by atoms with van der Waals surface area (Å²) >= 11 is 0. The van der Waals surface area contributed by atoms with E-state index in [9.17, 15) is 4.79 Å². The van der Waals surface area contributed by atoms with Crippen LogP contribution in [0.2, 0.25) is 0 Å². The van der Waals surface area contributed by atoms with Crippen molar-refractivity contribution >= 4 is 5.91 Å². The summed E-state index contributed by atoms with van der Waals surface area (Å²) in [6.45, 7) is 6.27. The zero-order chi connectivity index (χ0) is 17.1. The van der Waals surface area contributed by atoms with Crippen molar-refractivity contribution in [1.82, 2.24) is 9.80 Å². The number of benzene rings is 1. The number of carbonyl (C=O) groups is 1. The number of piperidine rings is 1. The van der Waals surface area contributed by atoms with Gasteiger partial charge in [-0.25, -0.2) is 0 Å². The second-order valence-corrected chi connectivity index (χ2v) is 8.29. The standard InChI is InChI=1S/C21H30N2O2/c24-20(16-25-15-19-6-7-19)23-13-10-21(17-23)8-11-22(12-9-21)14-18-4-2-1-3-5-18/h1-5,19H,6-17H2. The molecule has 4 rings (SSSR count). The van der Waals surface area contributed by atoms with E-state index in [0.29, 0.717) is 5.41 Å². The molecule has 4 nitrogen and oxygen atoms in total. The predicted octanol–water partition coefficient (Wildman–Crippen LogP) is 2.93. The Morgan fingerprint density at radius 3 is 2.52 bits per heavy atom. The number of amides is 1. The van der Waals surface area contributed by atoms with Crippen molar-refractivity contribution < 1.29 is 9.53 Å². The molecule has 136 valence electrons. The van der Waals surface area contributed by atoms with Gasteiger partial charge in [0.05, 0.1) is 6.61 Å². The maximum absolute atomic E-state index is 12.4. The SMILES string of the molecule is O=C(COCC1CC1)N1CCC2(CCN(Cc3ccccc3)CC2)C1. The topological polar surface area (TPSA) is 32.8 Å². The summed E-state index contributed by atoms with van der Waals surface area (Å²) < 4.78 is 5.59. The third kappa shape index (κ3) is 4.42. The van der Waals surface area contributed by atoms with Crippen molar-refractivity contribution in [3.8, 4) is 0 Å². The maximum atomic E-state index is 12.4. The molecule has 2 saturated heterocycles. The van der Waals surface area contributed by atoms with E-state index in [1.54, 1.807) is 0 Å². The van der Waals surface area contributed by atoms with Crippen LogP contribution in [0.3, 0.4) is 0 Å². The van der Waals surface area contributed by atoms with Crippen LogP contribution in [-0.2, 0) is 16.1 Å². The van der Waals surface area contributed by atoms with Crippen molar-refractivity contribution in [3.63, 3.8) is 0 Å². The van der Waals surface area contributed by atoms with Crippen LogP contribution in [0.5, 0.6) is 0 Å². The Labute approximate surface area is 151 Å². The van der Waals surface area contributed by atoms with Crippen LogP contribution in [-0.4, -0.2) is 55.1 Å². The number of carbonyl (C=O) groups excluding carboxylic acids is 1. The van der Waals surface area contributed by atoms with E-state index in [0.717, 1.165) is 45.2 Å². The van der Waals surface area contributed by atoms with Gasteiger partial charge in [0.2, 0.25) is 5.91 Å². The average molecular weight is 342 g/mol. The van der Waals surface area contributed by atoms with Gasteiger partial charge in [-0.2, -0.15) is 0 Å². The quantitative estimate of drug-likeness (QED) is 0.797. The van der Waals surface area contributed by atoms with Crippen molar-refractivity contribution in [3.05, 3.63) is 35.9 Å². The summed E-state index contributed by atoms with van der Waals surface area (Å²) in [5.41, 5.74) is 1.76. The second-order valence-electron chi connectivity index (χ2n) is 8.29. The van der Waals surface area contributed by atoms with Gasteiger partial charge in [0.1, 0.15) is 6.61 Å². The average Bonchev–Trinajstić information content (AvgIpc) is 3.37. The highest BCUT2D eigenvalue weighted by Crippen LogP contribution is 2.40. The van der Waals surface area contributed by atoms with E-state index >= 15 is 0 Å². The fraction of sp³-hybridized carbons (Fsp3) is 0.667. The summed E-state index contributed by atoms with van der Waals surface area (Å²) in [7, 11) is 0. The molecule has 2 aliphatic heterocycles. The van der Waals surface area contributed by atoms with Crippen LogP contribution >= 0.6 is 0 Å². The van der Waals surface area contributed by atoms with E-state index in [1.165, 1.54) is 37.7 Å². The number of ether oxygens (including phenoxy) is 1. The molecule has 1 aromatic carbocycles. The molecule has 1 saturated carbocycles. The molecule has 1 amide bonds. The fourth-order valence-electron chi connectivity index (χ4n) is 4.27. The van der Waals surface area contributed by atoms with E-state index in [1.807, 2.05) is 0 Å².